The SMILES string of the molecule is CNc1ccc([N+](=O)[O-])cc1C(C)=S. The molecule has 0 aliphatic heterocycles. The van der Waals surface area contributed by atoms with Crippen molar-refractivity contribution in [2.24, 2.45) is 0 Å². The van der Waals surface area contributed by atoms with Gasteiger partial charge in [0.1, 0.15) is 0 Å². The van der Waals surface area contributed by atoms with Gasteiger partial charge in [-0.25, -0.2) is 0 Å². The normalized spacial score (nSPS) is 9.57. The van der Waals surface area contributed by atoms with Crippen molar-refractivity contribution >= 4 is 28.5 Å². The first-order valence-electron chi connectivity index (χ1n) is 4.03. The Bertz CT molecular complexity index is 390. The monoisotopic (exact) mass is 210 g/mol. The van der Waals surface area contributed by atoms with Gasteiger partial charge in [-0.3, -0.25) is 10.1 Å². The molecule has 0 bridgehead atoms. The van der Waals surface area contributed by atoms with Crippen molar-refractivity contribution in [2.75, 3.05) is 12.4 Å². The molecule has 1 aromatic rings. The van der Waals surface area contributed by atoms with E-state index in [0.717, 1.165) is 5.69 Å². The smallest absolute Gasteiger partial charge is 0.270 e. The van der Waals surface area contributed by atoms with Crippen molar-refractivity contribution in [3.8, 4) is 0 Å². The first kappa shape index (κ1) is 10.6. The van der Waals surface area contributed by atoms with Crippen LogP contribution in [0.3, 0.4) is 0 Å². The quantitative estimate of drug-likeness (QED) is 0.360. The zero-order valence-corrected chi connectivity index (χ0v) is 8.72. The summed E-state index contributed by atoms with van der Waals surface area (Å²) in [4.78, 5) is 10.7. The molecule has 0 atom stereocenters. The minimum Gasteiger partial charge on any atom is -0.388 e. The van der Waals surface area contributed by atoms with E-state index in [4.69, 9.17) is 12.2 Å². The highest BCUT2D eigenvalue weighted by atomic mass is 32.1. The van der Waals surface area contributed by atoms with Crippen LogP contribution < -0.4 is 5.32 Å². The van der Waals surface area contributed by atoms with E-state index in [1.807, 2.05) is 0 Å². The van der Waals surface area contributed by atoms with Crippen LogP contribution in [0.2, 0.25) is 0 Å². The van der Waals surface area contributed by atoms with Crippen LogP contribution in [0.1, 0.15) is 12.5 Å². The van der Waals surface area contributed by atoms with Gasteiger partial charge in [0, 0.05) is 35.3 Å². The molecule has 0 amide bonds. The average Bonchev–Trinajstić information content (AvgIpc) is 2.16. The first-order chi connectivity index (χ1) is 6.56. The summed E-state index contributed by atoms with van der Waals surface area (Å²) in [6.45, 7) is 1.75. The Hall–Kier alpha value is -1.49. The maximum Gasteiger partial charge on any atom is 0.270 e. The van der Waals surface area contributed by atoms with E-state index in [0.29, 0.717) is 10.4 Å². The van der Waals surface area contributed by atoms with E-state index in [2.05, 4.69) is 5.32 Å². The Balaban J connectivity index is 3.27. The highest BCUT2D eigenvalue weighted by Crippen LogP contribution is 2.22. The van der Waals surface area contributed by atoms with E-state index in [1.165, 1.54) is 12.1 Å². The van der Waals surface area contributed by atoms with Crippen molar-refractivity contribution in [1.29, 1.82) is 0 Å². The molecular weight excluding hydrogens is 200 g/mol. The van der Waals surface area contributed by atoms with Crippen LogP contribution in [0.15, 0.2) is 18.2 Å². The van der Waals surface area contributed by atoms with Gasteiger partial charge < -0.3 is 5.32 Å². The van der Waals surface area contributed by atoms with E-state index in [1.54, 1.807) is 20.0 Å². The Morgan fingerprint density at radius 3 is 2.64 bits per heavy atom. The molecule has 0 spiro atoms. The Morgan fingerprint density at radius 1 is 1.57 bits per heavy atom. The van der Waals surface area contributed by atoms with E-state index in [9.17, 15) is 10.1 Å². The molecule has 0 aliphatic carbocycles. The van der Waals surface area contributed by atoms with E-state index in [-0.39, 0.29) is 5.69 Å². The molecule has 5 heteroatoms. The molecule has 0 saturated heterocycles. The molecule has 0 unspecified atom stereocenters. The van der Waals surface area contributed by atoms with Gasteiger partial charge in [-0.1, -0.05) is 12.2 Å². The van der Waals surface area contributed by atoms with Gasteiger partial charge in [0.15, 0.2) is 0 Å². The minimum absolute atomic E-state index is 0.0585. The van der Waals surface area contributed by atoms with Crippen LogP contribution >= 0.6 is 12.2 Å². The van der Waals surface area contributed by atoms with Gasteiger partial charge in [-0.15, -0.1) is 0 Å². The number of thiocarbonyl (C=S) groups is 1. The van der Waals surface area contributed by atoms with Crippen molar-refractivity contribution in [2.45, 2.75) is 6.92 Å². The number of hydrogen-bond donors (Lipinski definition) is 1. The maximum absolute atomic E-state index is 10.5. The molecule has 0 saturated carbocycles. The molecule has 0 radical (unpaired) electrons. The van der Waals surface area contributed by atoms with Crippen molar-refractivity contribution < 1.29 is 4.92 Å². The lowest BCUT2D eigenvalue weighted by Gasteiger charge is -2.06. The molecule has 1 aromatic carbocycles. The van der Waals surface area contributed by atoms with Crippen molar-refractivity contribution in [3.05, 3.63) is 33.9 Å². The zero-order chi connectivity index (χ0) is 10.7. The fourth-order valence-electron chi connectivity index (χ4n) is 1.16. The number of nitrogens with one attached hydrogen (secondary N) is 1. The van der Waals surface area contributed by atoms with E-state index >= 15 is 0 Å². The van der Waals surface area contributed by atoms with Gasteiger partial charge >= 0.3 is 0 Å². The van der Waals surface area contributed by atoms with Crippen LogP contribution in [-0.2, 0) is 0 Å². The second-order valence-electron chi connectivity index (χ2n) is 2.79. The molecule has 1 N–H and O–H groups in total. The van der Waals surface area contributed by atoms with Crippen molar-refractivity contribution in [1.82, 2.24) is 0 Å². The van der Waals surface area contributed by atoms with Crippen LogP contribution in [0.4, 0.5) is 11.4 Å². The molecule has 0 aromatic heterocycles. The number of benzene rings is 1. The predicted molar refractivity (Wildman–Crippen MR) is 60.0 cm³/mol. The van der Waals surface area contributed by atoms with Crippen LogP contribution in [0.25, 0.3) is 0 Å². The summed E-state index contributed by atoms with van der Waals surface area (Å²) in [5, 5.41) is 13.5. The van der Waals surface area contributed by atoms with Crippen LogP contribution in [0, 0.1) is 10.1 Å². The molecule has 14 heavy (non-hydrogen) atoms. The second kappa shape index (κ2) is 4.15. The van der Waals surface area contributed by atoms with Gasteiger partial charge in [0.25, 0.3) is 5.69 Å². The third-order valence-corrected chi connectivity index (χ3v) is 2.08. The average molecular weight is 210 g/mol. The number of rotatable bonds is 3. The number of nitro groups is 1. The number of non-ortho nitro benzene ring substituents is 1. The third-order valence-electron chi connectivity index (χ3n) is 1.86. The summed E-state index contributed by atoms with van der Waals surface area (Å²) >= 11 is 5.00. The Morgan fingerprint density at radius 2 is 2.21 bits per heavy atom. The lowest BCUT2D eigenvalue weighted by atomic mass is 10.1. The topological polar surface area (TPSA) is 55.2 Å². The predicted octanol–water partition coefficient (Wildman–Crippen LogP) is 2.37. The highest BCUT2D eigenvalue weighted by molar-refractivity contribution is 7.80. The standard InChI is InChI=1S/C9H10N2O2S/c1-6(14)8-5-7(11(12)13)3-4-9(8)10-2/h3-5,10H,1-2H3. The summed E-state index contributed by atoms with van der Waals surface area (Å²) in [5.74, 6) is 0. The number of anilines is 1. The highest BCUT2D eigenvalue weighted by Gasteiger charge is 2.10. The minimum atomic E-state index is -0.429. The molecule has 4 nitrogen and oxygen atoms in total. The van der Waals surface area contributed by atoms with Gasteiger partial charge in [0.05, 0.1) is 4.92 Å². The second-order valence-corrected chi connectivity index (χ2v) is 3.41. The molecule has 0 fully saturated rings. The summed E-state index contributed by atoms with van der Waals surface area (Å²) in [7, 11) is 1.75. The Labute approximate surface area is 87.1 Å². The molecular formula is C9H10N2O2S. The van der Waals surface area contributed by atoms with Crippen molar-refractivity contribution in [3.63, 3.8) is 0 Å². The lowest BCUT2D eigenvalue weighted by Crippen LogP contribution is -2.00. The summed E-state index contributed by atoms with van der Waals surface area (Å²) in [6.07, 6.45) is 0. The summed E-state index contributed by atoms with van der Waals surface area (Å²) in [6, 6.07) is 4.59. The number of nitrogens with zero attached hydrogens (tertiary/aromatic N) is 1. The molecule has 0 aliphatic rings. The molecule has 74 valence electrons. The largest absolute Gasteiger partial charge is 0.388 e. The first-order valence-corrected chi connectivity index (χ1v) is 4.44. The molecule has 0 heterocycles. The van der Waals surface area contributed by atoms with Gasteiger partial charge in [-0.2, -0.15) is 0 Å². The van der Waals surface area contributed by atoms with E-state index < -0.39 is 4.92 Å². The fraction of sp³-hybridized carbons (Fsp3) is 0.222. The lowest BCUT2D eigenvalue weighted by molar-refractivity contribution is -0.384. The van der Waals surface area contributed by atoms with Crippen LogP contribution in [0.5, 0.6) is 0 Å². The van der Waals surface area contributed by atoms with Gasteiger partial charge in [-0.05, 0) is 13.0 Å². The number of nitro benzene ring substituents is 1. The fourth-order valence-corrected chi connectivity index (χ4v) is 1.32. The summed E-state index contributed by atoms with van der Waals surface area (Å²) in [5.41, 5.74) is 1.57. The van der Waals surface area contributed by atoms with Crippen LogP contribution in [-0.4, -0.2) is 16.8 Å². The number of hydrogen-bond acceptors (Lipinski definition) is 4. The zero-order valence-electron chi connectivity index (χ0n) is 7.90. The molecule has 1 rings (SSSR count). The Kier molecular flexibility index (Phi) is 3.14. The maximum atomic E-state index is 10.5. The summed E-state index contributed by atoms with van der Waals surface area (Å²) < 4.78 is 0. The third kappa shape index (κ3) is 2.05. The van der Waals surface area contributed by atoms with Gasteiger partial charge in [0.2, 0.25) is 0 Å².